The third-order valence-corrected chi connectivity index (χ3v) is 6.16. The standard InChI is InChI=1S/C20H25NO2S/c1-2-9-21-13-16(12-17-4-3-10-24-17)23-20-18-11-15(22)7-5-14(18)6-8-19(20)21/h3-5,7,10-11,16,19-20,22H,2,6,8-9,12-13H2,1H3. The zero-order valence-corrected chi connectivity index (χ0v) is 15.0. The van der Waals surface area contributed by atoms with Crippen LogP contribution in [0.4, 0.5) is 0 Å². The SMILES string of the molecule is CCCN1CC(Cc2cccs2)OC2c3cc(O)ccc3CCC21. The lowest BCUT2D eigenvalue weighted by Crippen LogP contribution is -2.53. The van der Waals surface area contributed by atoms with Gasteiger partial charge in [0, 0.05) is 23.9 Å². The van der Waals surface area contributed by atoms with Crippen LogP contribution in [0.15, 0.2) is 35.7 Å². The molecule has 4 heteroatoms. The first-order valence-electron chi connectivity index (χ1n) is 8.98. The van der Waals surface area contributed by atoms with Crippen LogP contribution < -0.4 is 0 Å². The van der Waals surface area contributed by atoms with Gasteiger partial charge in [0.2, 0.25) is 0 Å². The van der Waals surface area contributed by atoms with E-state index in [0.717, 1.165) is 32.4 Å². The average Bonchev–Trinajstić information content (AvgIpc) is 3.08. The fourth-order valence-corrected chi connectivity index (χ4v) is 5.00. The second-order valence-electron chi connectivity index (χ2n) is 6.95. The van der Waals surface area contributed by atoms with Crippen molar-refractivity contribution in [1.29, 1.82) is 0 Å². The Morgan fingerprint density at radius 3 is 3.04 bits per heavy atom. The Morgan fingerprint density at radius 1 is 1.33 bits per heavy atom. The summed E-state index contributed by atoms with van der Waals surface area (Å²) in [6.45, 7) is 4.39. The van der Waals surface area contributed by atoms with E-state index in [1.165, 1.54) is 22.4 Å². The molecule has 4 rings (SSSR count). The summed E-state index contributed by atoms with van der Waals surface area (Å²) in [6.07, 6.45) is 4.69. The van der Waals surface area contributed by atoms with Crippen LogP contribution in [0.25, 0.3) is 0 Å². The van der Waals surface area contributed by atoms with Gasteiger partial charge < -0.3 is 9.84 Å². The lowest BCUT2D eigenvalue weighted by atomic mass is 9.83. The normalized spacial score (nSPS) is 26.8. The van der Waals surface area contributed by atoms with Crippen LogP contribution in [0, 0.1) is 0 Å². The first-order valence-corrected chi connectivity index (χ1v) is 9.86. The van der Waals surface area contributed by atoms with Crippen molar-refractivity contribution in [2.45, 2.75) is 50.9 Å². The van der Waals surface area contributed by atoms with Crippen molar-refractivity contribution in [2.24, 2.45) is 0 Å². The van der Waals surface area contributed by atoms with Crippen molar-refractivity contribution in [3.63, 3.8) is 0 Å². The van der Waals surface area contributed by atoms with Gasteiger partial charge in [0.1, 0.15) is 5.75 Å². The summed E-state index contributed by atoms with van der Waals surface area (Å²) >= 11 is 1.81. The molecule has 24 heavy (non-hydrogen) atoms. The number of aryl methyl sites for hydroxylation is 1. The summed E-state index contributed by atoms with van der Waals surface area (Å²) in [6, 6.07) is 10.5. The third-order valence-electron chi connectivity index (χ3n) is 5.26. The number of fused-ring (bicyclic) bond motifs is 3. The maximum atomic E-state index is 9.95. The lowest BCUT2D eigenvalue weighted by Gasteiger charge is -2.47. The number of hydrogen-bond donors (Lipinski definition) is 1. The number of rotatable bonds is 4. The first-order chi connectivity index (χ1) is 11.7. The second kappa shape index (κ2) is 6.87. The smallest absolute Gasteiger partial charge is 0.115 e. The number of benzene rings is 1. The Hall–Kier alpha value is -1.36. The number of thiophene rings is 1. The predicted molar refractivity (Wildman–Crippen MR) is 97.7 cm³/mol. The molecular formula is C20H25NO2S. The van der Waals surface area contributed by atoms with E-state index in [4.69, 9.17) is 4.74 Å². The number of phenolic OH excluding ortho intramolecular Hbond substituents is 1. The quantitative estimate of drug-likeness (QED) is 0.905. The van der Waals surface area contributed by atoms with Crippen LogP contribution in [0.1, 0.15) is 41.9 Å². The minimum Gasteiger partial charge on any atom is -0.508 e. The lowest BCUT2D eigenvalue weighted by molar-refractivity contribution is -0.127. The number of hydrogen-bond acceptors (Lipinski definition) is 4. The fraction of sp³-hybridized carbons (Fsp3) is 0.500. The summed E-state index contributed by atoms with van der Waals surface area (Å²) < 4.78 is 6.58. The van der Waals surface area contributed by atoms with Crippen LogP contribution in [-0.4, -0.2) is 35.2 Å². The van der Waals surface area contributed by atoms with Crippen molar-refractivity contribution in [2.75, 3.05) is 13.1 Å². The summed E-state index contributed by atoms with van der Waals surface area (Å²) in [4.78, 5) is 4.02. The minimum absolute atomic E-state index is 0.0890. The summed E-state index contributed by atoms with van der Waals surface area (Å²) in [5.41, 5.74) is 2.53. The van der Waals surface area contributed by atoms with Crippen LogP contribution >= 0.6 is 11.3 Å². The number of phenols is 1. The van der Waals surface area contributed by atoms with Crippen molar-refractivity contribution in [3.8, 4) is 5.75 Å². The third kappa shape index (κ3) is 3.10. The van der Waals surface area contributed by atoms with Crippen molar-refractivity contribution < 1.29 is 9.84 Å². The molecule has 128 valence electrons. The Morgan fingerprint density at radius 2 is 2.25 bits per heavy atom. The zero-order valence-electron chi connectivity index (χ0n) is 14.1. The summed E-state index contributed by atoms with van der Waals surface area (Å²) in [5.74, 6) is 0.348. The topological polar surface area (TPSA) is 32.7 Å². The Bertz CT molecular complexity index is 685. The van der Waals surface area contributed by atoms with Crippen LogP contribution in [0.5, 0.6) is 5.75 Å². The van der Waals surface area contributed by atoms with Gasteiger partial charge in [-0.25, -0.2) is 0 Å². The zero-order chi connectivity index (χ0) is 16.5. The van der Waals surface area contributed by atoms with E-state index in [-0.39, 0.29) is 12.2 Å². The highest BCUT2D eigenvalue weighted by Gasteiger charge is 2.40. The maximum absolute atomic E-state index is 9.95. The highest BCUT2D eigenvalue weighted by atomic mass is 32.1. The van der Waals surface area contributed by atoms with Gasteiger partial charge in [-0.3, -0.25) is 4.90 Å². The van der Waals surface area contributed by atoms with Gasteiger partial charge in [-0.15, -0.1) is 11.3 Å². The van der Waals surface area contributed by atoms with E-state index in [1.807, 2.05) is 17.4 Å². The Kier molecular flexibility index (Phi) is 4.61. The average molecular weight is 343 g/mol. The molecule has 0 bridgehead atoms. The molecule has 2 aliphatic rings. The van der Waals surface area contributed by atoms with Gasteiger partial charge in [-0.2, -0.15) is 0 Å². The van der Waals surface area contributed by atoms with Crippen molar-refractivity contribution in [3.05, 3.63) is 51.7 Å². The van der Waals surface area contributed by atoms with E-state index >= 15 is 0 Å². The van der Waals surface area contributed by atoms with Crippen LogP contribution in [0.3, 0.4) is 0 Å². The van der Waals surface area contributed by atoms with Gasteiger partial charge in [-0.1, -0.05) is 19.1 Å². The molecule has 0 radical (unpaired) electrons. The van der Waals surface area contributed by atoms with Gasteiger partial charge in [-0.05, 0) is 60.5 Å². The van der Waals surface area contributed by atoms with Crippen LogP contribution in [-0.2, 0) is 17.6 Å². The van der Waals surface area contributed by atoms with Crippen molar-refractivity contribution in [1.82, 2.24) is 4.90 Å². The summed E-state index contributed by atoms with van der Waals surface area (Å²) in [7, 11) is 0. The molecule has 1 aromatic heterocycles. The molecule has 3 atom stereocenters. The van der Waals surface area contributed by atoms with E-state index in [9.17, 15) is 5.11 Å². The molecule has 2 aromatic rings. The highest BCUT2D eigenvalue weighted by molar-refractivity contribution is 7.09. The molecule has 3 nitrogen and oxygen atoms in total. The van der Waals surface area contributed by atoms with Gasteiger partial charge in [0.05, 0.1) is 12.2 Å². The molecular weight excluding hydrogens is 318 g/mol. The van der Waals surface area contributed by atoms with Gasteiger partial charge >= 0.3 is 0 Å². The molecule has 1 fully saturated rings. The van der Waals surface area contributed by atoms with E-state index in [1.54, 1.807) is 6.07 Å². The Labute approximate surface area is 147 Å². The number of morpholine rings is 1. The molecule has 0 spiro atoms. The molecule has 1 aliphatic heterocycles. The molecule has 0 amide bonds. The molecule has 0 saturated carbocycles. The first kappa shape index (κ1) is 16.1. The predicted octanol–water partition coefficient (Wildman–Crippen LogP) is 4.16. The second-order valence-corrected chi connectivity index (χ2v) is 7.98. The fourth-order valence-electron chi connectivity index (χ4n) is 4.23. The molecule has 2 heterocycles. The van der Waals surface area contributed by atoms with Gasteiger partial charge in [0.25, 0.3) is 0 Å². The largest absolute Gasteiger partial charge is 0.508 e. The minimum atomic E-state index is 0.0890. The van der Waals surface area contributed by atoms with Crippen LogP contribution in [0.2, 0.25) is 0 Å². The number of aromatic hydroxyl groups is 1. The van der Waals surface area contributed by atoms with Crippen molar-refractivity contribution >= 4 is 11.3 Å². The number of nitrogens with zero attached hydrogens (tertiary/aromatic N) is 1. The van der Waals surface area contributed by atoms with E-state index in [2.05, 4.69) is 35.4 Å². The monoisotopic (exact) mass is 343 g/mol. The molecule has 1 saturated heterocycles. The number of ether oxygens (including phenoxy) is 1. The molecule has 1 N–H and O–H groups in total. The van der Waals surface area contributed by atoms with E-state index in [0.29, 0.717) is 11.8 Å². The van der Waals surface area contributed by atoms with E-state index < -0.39 is 0 Å². The summed E-state index contributed by atoms with van der Waals surface area (Å²) in [5, 5.41) is 12.1. The van der Waals surface area contributed by atoms with Gasteiger partial charge in [0.15, 0.2) is 0 Å². The molecule has 1 aliphatic carbocycles. The maximum Gasteiger partial charge on any atom is 0.115 e. The molecule has 1 aromatic carbocycles. The molecule has 3 unspecified atom stereocenters. The Balaban J connectivity index is 1.62. The highest BCUT2D eigenvalue weighted by Crippen LogP contribution is 2.41.